The van der Waals surface area contributed by atoms with Crippen molar-refractivity contribution >= 4 is 27.7 Å². The normalized spacial score (nSPS) is 23.2. The second kappa shape index (κ2) is 14.8. The predicted molar refractivity (Wildman–Crippen MR) is 176 cm³/mol. The van der Waals surface area contributed by atoms with E-state index < -0.39 is 56.3 Å². The van der Waals surface area contributed by atoms with Crippen molar-refractivity contribution in [2.24, 2.45) is 11.8 Å². The molecule has 0 bridgehead atoms. The van der Waals surface area contributed by atoms with Gasteiger partial charge in [0.1, 0.15) is 6.04 Å². The molecule has 1 aromatic carbocycles. The number of benzene rings is 1. The Balaban J connectivity index is 1.92. The van der Waals surface area contributed by atoms with E-state index >= 15 is 0 Å². The Labute approximate surface area is 269 Å². The van der Waals surface area contributed by atoms with Gasteiger partial charge in [0.25, 0.3) is 0 Å². The van der Waals surface area contributed by atoms with Crippen molar-refractivity contribution in [3.8, 4) is 0 Å². The van der Waals surface area contributed by atoms with Gasteiger partial charge >= 0.3 is 6.03 Å². The van der Waals surface area contributed by atoms with Gasteiger partial charge in [-0.1, -0.05) is 49.6 Å². The lowest BCUT2D eigenvalue weighted by atomic mass is 9.72. The fourth-order valence-corrected chi connectivity index (χ4v) is 7.03. The molecule has 45 heavy (non-hydrogen) atoms. The molecule has 1 aliphatic heterocycles. The van der Waals surface area contributed by atoms with Crippen LogP contribution in [0.4, 0.5) is 4.79 Å². The van der Waals surface area contributed by atoms with E-state index in [0.717, 1.165) is 43.9 Å². The fraction of sp³-hybridized carbons (Fsp3) is 0.727. The number of fused-ring (bicyclic) bond motifs is 1. The summed E-state index contributed by atoms with van der Waals surface area (Å²) in [6, 6.07) is 6.11. The van der Waals surface area contributed by atoms with E-state index in [1.807, 2.05) is 51.1 Å². The molecule has 2 unspecified atom stereocenters. The smallest absolute Gasteiger partial charge is 0.317 e. The van der Waals surface area contributed by atoms with E-state index in [0.29, 0.717) is 18.4 Å². The van der Waals surface area contributed by atoms with Gasteiger partial charge in [-0.3, -0.25) is 14.5 Å². The van der Waals surface area contributed by atoms with Gasteiger partial charge in [0.2, 0.25) is 11.8 Å². The summed E-state index contributed by atoms with van der Waals surface area (Å²) in [7, 11) is -0.805. The first-order chi connectivity index (χ1) is 20.8. The number of urea groups is 1. The van der Waals surface area contributed by atoms with E-state index in [4.69, 9.17) is 0 Å². The van der Waals surface area contributed by atoms with E-state index in [-0.39, 0.29) is 18.9 Å². The monoisotopic (exact) mass is 649 g/mol. The van der Waals surface area contributed by atoms with Crippen LogP contribution in [-0.4, -0.2) is 109 Å². The summed E-state index contributed by atoms with van der Waals surface area (Å²) in [6.45, 7) is 9.48. The second-order valence-electron chi connectivity index (χ2n) is 14.8. The number of nitrogens with one attached hydrogen (secondary N) is 3. The van der Waals surface area contributed by atoms with E-state index in [1.165, 1.54) is 32.8 Å². The number of hydrogen-bond donors (Lipinski definition) is 4. The third-order valence-corrected chi connectivity index (χ3v) is 11.5. The minimum Gasteiger partial charge on any atom is -0.390 e. The van der Waals surface area contributed by atoms with Gasteiger partial charge in [0.05, 0.1) is 22.9 Å². The number of hydrogen-bond acceptors (Lipinski definition) is 7. The molecule has 4 amide bonds. The van der Waals surface area contributed by atoms with Gasteiger partial charge in [-0.15, -0.1) is 0 Å². The van der Waals surface area contributed by atoms with Crippen molar-refractivity contribution in [2.45, 2.75) is 108 Å². The number of amides is 4. The maximum atomic E-state index is 13.9. The highest BCUT2D eigenvalue weighted by Crippen LogP contribution is 2.39. The van der Waals surface area contributed by atoms with Crippen molar-refractivity contribution in [1.29, 1.82) is 0 Å². The van der Waals surface area contributed by atoms with Crippen LogP contribution in [0.2, 0.25) is 0 Å². The Morgan fingerprint density at radius 2 is 1.60 bits per heavy atom. The highest BCUT2D eigenvalue weighted by atomic mass is 32.2. The molecular weight excluding hydrogens is 594 g/mol. The predicted octanol–water partition coefficient (Wildman–Crippen LogP) is 2.33. The average molecular weight is 650 g/mol. The van der Waals surface area contributed by atoms with Gasteiger partial charge in [-0.2, -0.15) is 0 Å². The topological polar surface area (TPSA) is 148 Å². The molecular formula is C33H55N5O6S. The standard InChI is InChI=1S/C33H55N5O6S/c1-32(2,3)36-29(40)26-19-23-16-12-13-17-24(23)20-38(26)21-27(39)25(18-22-14-10-9-11-15-22)34-30(41)28(35-31(42)37(6)7)33(4,5)45(8,43)44/h9-11,14-15,23-28,39H,12-13,16-21H2,1-8H3,(H,34,41)(H,35,42)(H,36,40)/t23?,24?,25-,26-,27+,28+/m0/s1. The van der Waals surface area contributed by atoms with Gasteiger partial charge in [-0.05, 0) is 71.3 Å². The maximum absolute atomic E-state index is 13.9. The molecule has 2 fully saturated rings. The zero-order valence-electron chi connectivity index (χ0n) is 28.3. The summed E-state index contributed by atoms with van der Waals surface area (Å²) >= 11 is 0. The fourth-order valence-electron chi connectivity index (χ4n) is 6.43. The molecule has 0 aromatic heterocycles. The van der Waals surface area contributed by atoms with Gasteiger partial charge in [0.15, 0.2) is 9.84 Å². The quantitative estimate of drug-likeness (QED) is 0.288. The van der Waals surface area contributed by atoms with Crippen LogP contribution >= 0.6 is 0 Å². The zero-order valence-corrected chi connectivity index (χ0v) is 29.1. The first-order valence-corrected chi connectivity index (χ1v) is 17.9. The van der Waals surface area contributed by atoms with Gasteiger partial charge < -0.3 is 26.0 Å². The van der Waals surface area contributed by atoms with E-state index in [1.54, 1.807) is 0 Å². The number of aliphatic hydroxyl groups excluding tert-OH is 1. The molecule has 0 spiro atoms. The molecule has 1 heterocycles. The van der Waals surface area contributed by atoms with Crippen molar-refractivity contribution < 1.29 is 27.9 Å². The number of aliphatic hydroxyl groups is 1. The molecule has 6 atom stereocenters. The Morgan fingerprint density at radius 3 is 2.16 bits per heavy atom. The summed E-state index contributed by atoms with van der Waals surface area (Å²) in [5, 5.41) is 20.4. The number of sulfone groups is 1. The number of nitrogens with zero attached hydrogens (tertiary/aromatic N) is 2. The number of likely N-dealkylation sites (tertiary alicyclic amines) is 1. The summed E-state index contributed by atoms with van der Waals surface area (Å²) < 4.78 is 23.9. The lowest BCUT2D eigenvalue weighted by Gasteiger charge is -2.47. The first-order valence-electron chi connectivity index (χ1n) is 16.1. The Bertz CT molecular complexity index is 1280. The minimum atomic E-state index is -3.81. The molecule has 1 saturated carbocycles. The third kappa shape index (κ3) is 9.89. The van der Waals surface area contributed by atoms with Crippen LogP contribution < -0.4 is 16.0 Å². The van der Waals surface area contributed by atoms with Crippen LogP contribution in [0.25, 0.3) is 0 Å². The van der Waals surface area contributed by atoms with Crippen molar-refractivity contribution in [3.05, 3.63) is 35.9 Å². The largest absolute Gasteiger partial charge is 0.390 e. The molecule has 12 heteroatoms. The van der Waals surface area contributed by atoms with Crippen LogP contribution in [0, 0.1) is 11.8 Å². The van der Waals surface area contributed by atoms with Crippen molar-refractivity contribution in [1.82, 2.24) is 25.8 Å². The van der Waals surface area contributed by atoms with Crippen molar-refractivity contribution in [2.75, 3.05) is 33.4 Å². The molecule has 4 N–H and O–H groups in total. The number of rotatable bonds is 11. The summed E-state index contributed by atoms with van der Waals surface area (Å²) in [5.74, 6) is 0.118. The maximum Gasteiger partial charge on any atom is 0.317 e. The molecule has 1 saturated heterocycles. The highest BCUT2D eigenvalue weighted by Gasteiger charge is 2.46. The van der Waals surface area contributed by atoms with Gasteiger partial charge in [-0.25, -0.2) is 13.2 Å². The van der Waals surface area contributed by atoms with E-state index in [9.17, 15) is 27.9 Å². The molecule has 0 radical (unpaired) electrons. The first kappa shape index (κ1) is 36.8. The third-order valence-electron chi connectivity index (χ3n) is 9.40. The van der Waals surface area contributed by atoms with Crippen LogP contribution in [0.15, 0.2) is 30.3 Å². The van der Waals surface area contributed by atoms with Crippen LogP contribution in [0.5, 0.6) is 0 Å². The number of carbonyl (C=O) groups excluding carboxylic acids is 3. The highest BCUT2D eigenvalue weighted by molar-refractivity contribution is 7.92. The second-order valence-corrected chi connectivity index (χ2v) is 17.4. The van der Waals surface area contributed by atoms with Crippen LogP contribution in [-0.2, 0) is 25.8 Å². The molecule has 2 aliphatic rings. The van der Waals surface area contributed by atoms with Crippen LogP contribution in [0.1, 0.15) is 72.3 Å². The molecule has 3 rings (SSSR count). The SMILES string of the molecule is CN(C)C(=O)N[C@H](C(=O)N[C@@H](Cc1ccccc1)[C@H](O)CN1CC2CCCCC2C[C@H]1C(=O)NC(C)(C)C)C(C)(C)S(C)(=O)=O. The number of carbonyl (C=O) groups is 3. The number of piperidine rings is 1. The Hall–Kier alpha value is -2.70. The lowest BCUT2D eigenvalue weighted by molar-refractivity contribution is -0.133. The minimum absolute atomic E-state index is 0.0660. The summed E-state index contributed by atoms with van der Waals surface area (Å²) in [6.07, 6.45) is 5.42. The summed E-state index contributed by atoms with van der Waals surface area (Å²) in [5.41, 5.74) is 0.457. The Morgan fingerprint density at radius 1 is 1.00 bits per heavy atom. The zero-order chi connectivity index (χ0) is 33.7. The molecule has 254 valence electrons. The van der Waals surface area contributed by atoms with E-state index in [2.05, 4.69) is 20.9 Å². The molecule has 1 aromatic rings. The Kier molecular flexibility index (Phi) is 12.1. The van der Waals surface area contributed by atoms with Crippen LogP contribution in [0.3, 0.4) is 0 Å². The molecule has 11 nitrogen and oxygen atoms in total. The van der Waals surface area contributed by atoms with Crippen molar-refractivity contribution in [3.63, 3.8) is 0 Å². The summed E-state index contributed by atoms with van der Waals surface area (Å²) in [4.78, 5) is 43.4. The van der Waals surface area contributed by atoms with Gasteiger partial charge in [0, 0.05) is 39.0 Å². The number of β-amino-alcohol motifs (C(OH)–C–C–N with tert-alkyl or cyclic N) is 1. The molecule has 1 aliphatic carbocycles. The average Bonchev–Trinajstić information content (AvgIpc) is 2.93. The lowest BCUT2D eigenvalue weighted by Crippen LogP contribution is -2.64.